The van der Waals surface area contributed by atoms with E-state index >= 15 is 0 Å². The fourth-order valence-electron chi connectivity index (χ4n) is 1.59. The normalized spacial score (nSPS) is 13.3. The van der Waals surface area contributed by atoms with Crippen LogP contribution in [-0.2, 0) is 16.5 Å². The predicted molar refractivity (Wildman–Crippen MR) is 62.0 cm³/mol. The van der Waals surface area contributed by atoms with Gasteiger partial charge in [0.15, 0.2) is 6.29 Å². The Morgan fingerprint density at radius 3 is 2.38 bits per heavy atom. The van der Waals surface area contributed by atoms with Gasteiger partial charge in [0.05, 0.1) is 5.69 Å². The molecular weight excluding hydrogens is 206 g/mol. The van der Waals surface area contributed by atoms with Crippen LogP contribution < -0.4 is 5.32 Å². The minimum atomic E-state index is -0.296. The molecule has 0 radical (unpaired) electrons. The van der Waals surface area contributed by atoms with Gasteiger partial charge in [-0.25, -0.2) is 0 Å². The van der Waals surface area contributed by atoms with Crippen LogP contribution in [0.15, 0.2) is 12.3 Å². The first-order valence-electron chi connectivity index (χ1n) is 5.62. The Labute approximate surface area is 96.7 Å². The first-order valence-corrected chi connectivity index (χ1v) is 5.62. The van der Waals surface area contributed by atoms with Gasteiger partial charge < -0.3 is 14.8 Å². The van der Waals surface area contributed by atoms with Crippen molar-refractivity contribution in [2.24, 2.45) is 7.05 Å². The van der Waals surface area contributed by atoms with Gasteiger partial charge in [0.2, 0.25) is 0 Å². The van der Waals surface area contributed by atoms with E-state index in [9.17, 15) is 0 Å². The van der Waals surface area contributed by atoms with E-state index in [2.05, 4.69) is 10.4 Å². The Kier molecular flexibility index (Phi) is 5.45. The van der Waals surface area contributed by atoms with Crippen LogP contribution in [-0.4, -0.2) is 36.3 Å². The molecule has 0 aliphatic heterocycles. The molecule has 0 spiro atoms. The molecule has 0 aliphatic carbocycles. The average Bonchev–Trinajstić information content (AvgIpc) is 2.67. The molecule has 92 valence electrons. The summed E-state index contributed by atoms with van der Waals surface area (Å²) in [5.74, 6) is 0. The average molecular weight is 227 g/mol. The Morgan fingerprint density at radius 1 is 1.38 bits per heavy atom. The monoisotopic (exact) mass is 227 g/mol. The molecule has 1 N–H and O–H groups in total. The van der Waals surface area contributed by atoms with E-state index in [0.717, 1.165) is 5.69 Å². The summed E-state index contributed by atoms with van der Waals surface area (Å²) in [6.07, 6.45) is 1.61. The second-order valence-corrected chi connectivity index (χ2v) is 3.46. The Hall–Kier alpha value is -0.910. The SMILES string of the molecule is CCOC(OCC)C(NC)c1ccn(C)n1. The predicted octanol–water partition coefficient (Wildman–Crippen LogP) is 1.08. The molecule has 0 saturated carbocycles. The smallest absolute Gasteiger partial charge is 0.178 e. The quantitative estimate of drug-likeness (QED) is 0.708. The van der Waals surface area contributed by atoms with Crippen molar-refractivity contribution in [3.63, 3.8) is 0 Å². The first-order chi connectivity index (χ1) is 7.72. The number of nitrogens with zero attached hydrogens (tertiary/aromatic N) is 2. The van der Waals surface area contributed by atoms with Crippen molar-refractivity contribution in [1.82, 2.24) is 15.1 Å². The highest BCUT2D eigenvalue weighted by atomic mass is 16.7. The molecule has 5 nitrogen and oxygen atoms in total. The summed E-state index contributed by atoms with van der Waals surface area (Å²) in [5, 5.41) is 7.54. The molecule has 16 heavy (non-hydrogen) atoms. The van der Waals surface area contributed by atoms with Gasteiger partial charge in [0.25, 0.3) is 0 Å². The summed E-state index contributed by atoms with van der Waals surface area (Å²) < 4.78 is 12.9. The van der Waals surface area contributed by atoms with Crippen molar-refractivity contribution in [1.29, 1.82) is 0 Å². The Morgan fingerprint density at radius 2 is 2.00 bits per heavy atom. The fraction of sp³-hybridized carbons (Fsp3) is 0.727. The zero-order valence-electron chi connectivity index (χ0n) is 10.4. The van der Waals surface area contributed by atoms with Crippen molar-refractivity contribution in [2.75, 3.05) is 20.3 Å². The van der Waals surface area contributed by atoms with E-state index in [1.54, 1.807) is 4.68 Å². The summed E-state index contributed by atoms with van der Waals surface area (Å²) in [4.78, 5) is 0. The molecular formula is C11H21N3O2. The largest absolute Gasteiger partial charge is 0.351 e. The fourth-order valence-corrected chi connectivity index (χ4v) is 1.59. The van der Waals surface area contributed by atoms with Crippen LogP contribution in [0, 0.1) is 0 Å². The topological polar surface area (TPSA) is 48.3 Å². The standard InChI is InChI=1S/C11H21N3O2/c1-5-15-11(16-6-2)10(12-3)9-7-8-14(4)13-9/h7-8,10-12H,5-6H2,1-4H3. The number of aromatic nitrogens is 2. The third-order valence-electron chi connectivity index (χ3n) is 2.30. The number of nitrogens with one attached hydrogen (secondary N) is 1. The third kappa shape index (κ3) is 3.30. The van der Waals surface area contributed by atoms with E-state index in [0.29, 0.717) is 13.2 Å². The maximum Gasteiger partial charge on any atom is 0.178 e. The van der Waals surface area contributed by atoms with E-state index in [1.165, 1.54) is 0 Å². The number of likely N-dealkylation sites (N-methyl/N-ethyl adjacent to an activating group) is 1. The number of ether oxygens (including phenoxy) is 2. The second kappa shape index (κ2) is 6.62. The summed E-state index contributed by atoms with van der Waals surface area (Å²) in [6.45, 7) is 5.15. The molecule has 0 saturated heterocycles. The molecule has 1 rings (SSSR count). The molecule has 1 unspecified atom stereocenters. The van der Waals surface area contributed by atoms with Crippen LogP contribution in [0.5, 0.6) is 0 Å². The molecule has 0 amide bonds. The molecule has 0 aliphatic rings. The lowest BCUT2D eigenvalue weighted by molar-refractivity contribution is -0.155. The van der Waals surface area contributed by atoms with Crippen LogP contribution in [0.25, 0.3) is 0 Å². The Balaban J connectivity index is 2.76. The van der Waals surface area contributed by atoms with Crippen LogP contribution in [0.4, 0.5) is 0 Å². The van der Waals surface area contributed by atoms with Gasteiger partial charge in [0.1, 0.15) is 6.04 Å². The number of aryl methyl sites for hydroxylation is 1. The van der Waals surface area contributed by atoms with Crippen molar-refractivity contribution < 1.29 is 9.47 Å². The molecule has 1 aromatic rings. The van der Waals surface area contributed by atoms with Crippen molar-refractivity contribution in [3.8, 4) is 0 Å². The maximum atomic E-state index is 5.57. The zero-order valence-corrected chi connectivity index (χ0v) is 10.4. The summed E-state index contributed by atoms with van der Waals surface area (Å²) in [5.41, 5.74) is 0.928. The van der Waals surface area contributed by atoms with Crippen LogP contribution in [0.1, 0.15) is 25.6 Å². The highest BCUT2D eigenvalue weighted by molar-refractivity contribution is 5.06. The number of hydrogen-bond acceptors (Lipinski definition) is 4. The van der Waals surface area contributed by atoms with Gasteiger partial charge in [-0.1, -0.05) is 0 Å². The van der Waals surface area contributed by atoms with Gasteiger partial charge in [-0.05, 0) is 27.0 Å². The van der Waals surface area contributed by atoms with E-state index in [4.69, 9.17) is 9.47 Å². The molecule has 1 aromatic heterocycles. The van der Waals surface area contributed by atoms with Crippen molar-refractivity contribution >= 4 is 0 Å². The minimum Gasteiger partial charge on any atom is -0.351 e. The van der Waals surface area contributed by atoms with E-state index in [1.807, 2.05) is 40.2 Å². The molecule has 0 aromatic carbocycles. The van der Waals surface area contributed by atoms with Gasteiger partial charge >= 0.3 is 0 Å². The van der Waals surface area contributed by atoms with Gasteiger partial charge in [-0.2, -0.15) is 5.10 Å². The molecule has 0 bridgehead atoms. The lowest BCUT2D eigenvalue weighted by Crippen LogP contribution is -2.34. The van der Waals surface area contributed by atoms with Gasteiger partial charge in [-0.3, -0.25) is 4.68 Å². The van der Waals surface area contributed by atoms with E-state index in [-0.39, 0.29) is 12.3 Å². The van der Waals surface area contributed by atoms with Gasteiger partial charge in [-0.15, -0.1) is 0 Å². The highest BCUT2D eigenvalue weighted by Gasteiger charge is 2.24. The van der Waals surface area contributed by atoms with Crippen molar-refractivity contribution in [2.45, 2.75) is 26.2 Å². The molecule has 1 heterocycles. The first kappa shape index (κ1) is 13.2. The van der Waals surface area contributed by atoms with E-state index < -0.39 is 0 Å². The van der Waals surface area contributed by atoms with Crippen molar-refractivity contribution in [3.05, 3.63) is 18.0 Å². The number of rotatable bonds is 7. The molecule has 1 atom stereocenters. The summed E-state index contributed by atoms with van der Waals surface area (Å²) in [6, 6.07) is 1.92. The number of hydrogen-bond donors (Lipinski definition) is 1. The minimum absolute atomic E-state index is 0.0406. The summed E-state index contributed by atoms with van der Waals surface area (Å²) in [7, 11) is 3.77. The highest BCUT2D eigenvalue weighted by Crippen LogP contribution is 2.18. The molecule has 5 heteroatoms. The van der Waals surface area contributed by atoms with Crippen LogP contribution >= 0.6 is 0 Å². The van der Waals surface area contributed by atoms with Gasteiger partial charge in [0, 0.05) is 26.5 Å². The third-order valence-corrected chi connectivity index (χ3v) is 2.30. The summed E-state index contributed by atoms with van der Waals surface area (Å²) >= 11 is 0. The van der Waals surface area contributed by atoms with Crippen LogP contribution in [0.3, 0.4) is 0 Å². The zero-order chi connectivity index (χ0) is 12.0. The second-order valence-electron chi connectivity index (χ2n) is 3.46. The molecule has 0 fully saturated rings. The Bertz CT molecular complexity index is 295. The lowest BCUT2D eigenvalue weighted by Gasteiger charge is -2.24. The van der Waals surface area contributed by atoms with Crippen LogP contribution in [0.2, 0.25) is 0 Å². The maximum absolute atomic E-state index is 5.57. The lowest BCUT2D eigenvalue weighted by atomic mass is 10.2.